The SMILES string of the molecule is Cc1ccccc1N1C(=O)C(=O)/C(=C(/O)c2ccccc2)C1c1ccccc1[N+](=O)[O-]. The Morgan fingerprint density at radius 1 is 0.935 bits per heavy atom. The van der Waals surface area contributed by atoms with Crippen molar-refractivity contribution in [2.75, 3.05) is 4.90 Å². The van der Waals surface area contributed by atoms with Gasteiger partial charge in [0.15, 0.2) is 0 Å². The van der Waals surface area contributed by atoms with Crippen molar-refractivity contribution in [2.24, 2.45) is 0 Å². The summed E-state index contributed by atoms with van der Waals surface area (Å²) in [5.41, 5.74) is 1.22. The molecule has 154 valence electrons. The Labute approximate surface area is 178 Å². The largest absolute Gasteiger partial charge is 0.507 e. The van der Waals surface area contributed by atoms with Crippen molar-refractivity contribution >= 4 is 28.8 Å². The van der Waals surface area contributed by atoms with Gasteiger partial charge < -0.3 is 5.11 Å². The van der Waals surface area contributed by atoms with Crippen LogP contribution in [0.5, 0.6) is 0 Å². The molecule has 0 aromatic heterocycles. The van der Waals surface area contributed by atoms with Crippen LogP contribution in [0.3, 0.4) is 0 Å². The molecule has 0 aliphatic carbocycles. The number of amides is 1. The molecule has 1 saturated heterocycles. The van der Waals surface area contributed by atoms with Gasteiger partial charge in [0.25, 0.3) is 17.4 Å². The number of carbonyl (C=O) groups excluding carboxylic acids is 2. The summed E-state index contributed by atoms with van der Waals surface area (Å²) in [6.45, 7) is 1.78. The number of hydrogen-bond donors (Lipinski definition) is 1. The number of anilines is 1. The number of para-hydroxylation sites is 2. The lowest BCUT2D eigenvalue weighted by Gasteiger charge is -2.26. The average molecular weight is 414 g/mol. The highest BCUT2D eigenvalue weighted by Gasteiger charge is 2.49. The van der Waals surface area contributed by atoms with E-state index in [4.69, 9.17) is 0 Å². The molecule has 4 rings (SSSR count). The third kappa shape index (κ3) is 3.36. The topological polar surface area (TPSA) is 101 Å². The van der Waals surface area contributed by atoms with Gasteiger partial charge >= 0.3 is 0 Å². The van der Waals surface area contributed by atoms with Crippen molar-refractivity contribution in [1.29, 1.82) is 0 Å². The molecule has 0 radical (unpaired) electrons. The Kier molecular flexibility index (Phi) is 5.09. The Morgan fingerprint density at radius 3 is 2.23 bits per heavy atom. The van der Waals surface area contributed by atoms with Gasteiger partial charge in [0.1, 0.15) is 11.8 Å². The zero-order chi connectivity index (χ0) is 22.1. The number of nitro benzene ring substituents is 1. The lowest BCUT2D eigenvalue weighted by Crippen LogP contribution is -2.30. The number of carbonyl (C=O) groups is 2. The van der Waals surface area contributed by atoms with Crippen molar-refractivity contribution in [2.45, 2.75) is 13.0 Å². The van der Waals surface area contributed by atoms with Gasteiger partial charge in [-0.2, -0.15) is 0 Å². The minimum atomic E-state index is -1.15. The fourth-order valence-corrected chi connectivity index (χ4v) is 3.85. The Bertz CT molecular complexity index is 1230. The summed E-state index contributed by atoms with van der Waals surface area (Å²) in [6, 6.07) is 20.1. The summed E-state index contributed by atoms with van der Waals surface area (Å²) in [5.74, 6) is -2.12. The molecule has 7 nitrogen and oxygen atoms in total. The molecule has 31 heavy (non-hydrogen) atoms. The molecule has 0 spiro atoms. The van der Waals surface area contributed by atoms with Crippen LogP contribution in [0.15, 0.2) is 84.4 Å². The van der Waals surface area contributed by atoms with E-state index in [9.17, 15) is 24.8 Å². The fourth-order valence-electron chi connectivity index (χ4n) is 3.85. The zero-order valence-corrected chi connectivity index (χ0v) is 16.6. The van der Waals surface area contributed by atoms with Gasteiger partial charge in [-0.05, 0) is 24.6 Å². The number of aliphatic hydroxyl groups excluding tert-OH is 1. The highest BCUT2D eigenvalue weighted by Crippen LogP contribution is 2.45. The van der Waals surface area contributed by atoms with E-state index in [2.05, 4.69) is 0 Å². The number of nitro groups is 1. The second-order valence-electron chi connectivity index (χ2n) is 7.14. The maximum Gasteiger partial charge on any atom is 0.300 e. The van der Waals surface area contributed by atoms with E-state index in [1.807, 2.05) is 0 Å². The van der Waals surface area contributed by atoms with Crippen molar-refractivity contribution in [3.8, 4) is 0 Å². The van der Waals surface area contributed by atoms with E-state index in [0.29, 0.717) is 16.8 Å². The lowest BCUT2D eigenvalue weighted by atomic mass is 9.94. The highest BCUT2D eigenvalue weighted by atomic mass is 16.6. The lowest BCUT2D eigenvalue weighted by molar-refractivity contribution is -0.385. The summed E-state index contributed by atoms with van der Waals surface area (Å²) < 4.78 is 0. The second kappa shape index (κ2) is 7.87. The molecule has 1 aliphatic heterocycles. The summed E-state index contributed by atoms with van der Waals surface area (Å²) in [5, 5.41) is 22.8. The minimum Gasteiger partial charge on any atom is -0.507 e. The smallest absolute Gasteiger partial charge is 0.300 e. The van der Waals surface area contributed by atoms with Crippen LogP contribution in [0.25, 0.3) is 5.76 Å². The number of aliphatic hydroxyl groups is 1. The molecule has 1 atom stereocenters. The van der Waals surface area contributed by atoms with Gasteiger partial charge in [-0.3, -0.25) is 24.6 Å². The van der Waals surface area contributed by atoms with Gasteiger partial charge in [-0.25, -0.2) is 0 Å². The molecule has 1 aliphatic rings. The highest BCUT2D eigenvalue weighted by molar-refractivity contribution is 6.51. The summed E-state index contributed by atoms with van der Waals surface area (Å²) in [6.07, 6.45) is 0. The predicted octanol–water partition coefficient (Wildman–Crippen LogP) is 4.53. The number of aryl methyl sites for hydroxylation is 1. The van der Waals surface area contributed by atoms with Gasteiger partial charge in [0.05, 0.1) is 16.1 Å². The van der Waals surface area contributed by atoms with E-state index in [-0.39, 0.29) is 22.6 Å². The molecule has 1 amide bonds. The Balaban J connectivity index is 2.04. The summed E-state index contributed by atoms with van der Waals surface area (Å²) in [4.78, 5) is 38.6. The first-order valence-electron chi connectivity index (χ1n) is 9.57. The molecule has 7 heteroatoms. The summed E-state index contributed by atoms with van der Waals surface area (Å²) in [7, 11) is 0. The quantitative estimate of drug-likeness (QED) is 0.222. The molecular formula is C24H18N2O5. The Morgan fingerprint density at radius 2 is 1.55 bits per heavy atom. The molecule has 1 fully saturated rings. The maximum absolute atomic E-state index is 13.1. The first-order chi connectivity index (χ1) is 14.9. The molecule has 0 saturated carbocycles. The molecule has 3 aromatic rings. The van der Waals surface area contributed by atoms with Crippen molar-refractivity contribution in [3.05, 3.63) is 111 Å². The van der Waals surface area contributed by atoms with E-state index in [1.54, 1.807) is 67.6 Å². The van der Waals surface area contributed by atoms with E-state index in [0.717, 1.165) is 0 Å². The third-order valence-corrected chi connectivity index (χ3v) is 5.29. The number of rotatable bonds is 4. The molecule has 1 N–H and O–H groups in total. The predicted molar refractivity (Wildman–Crippen MR) is 116 cm³/mol. The van der Waals surface area contributed by atoms with Crippen molar-refractivity contribution < 1.29 is 19.6 Å². The van der Waals surface area contributed by atoms with Crippen molar-refractivity contribution in [3.63, 3.8) is 0 Å². The van der Waals surface area contributed by atoms with Crippen LogP contribution in [0.4, 0.5) is 11.4 Å². The van der Waals surface area contributed by atoms with Crippen LogP contribution in [0, 0.1) is 17.0 Å². The average Bonchev–Trinajstić information content (AvgIpc) is 3.04. The maximum atomic E-state index is 13.1. The number of hydrogen-bond acceptors (Lipinski definition) is 5. The van der Waals surface area contributed by atoms with E-state index in [1.165, 1.54) is 23.1 Å². The molecule has 0 bridgehead atoms. The van der Waals surface area contributed by atoms with Crippen LogP contribution in [-0.4, -0.2) is 21.7 Å². The van der Waals surface area contributed by atoms with Gasteiger partial charge in [0, 0.05) is 17.3 Å². The molecule has 1 unspecified atom stereocenters. The van der Waals surface area contributed by atoms with Crippen LogP contribution in [0.2, 0.25) is 0 Å². The van der Waals surface area contributed by atoms with Crippen LogP contribution in [0.1, 0.15) is 22.7 Å². The first kappa shape index (κ1) is 20.0. The molecular weight excluding hydrogens is 396 g/mol. The van der Waals surface area contributed by atoms with Crippen LogP contribution in [-0.2, 0) is 9.59 Å². The van der Waals surface area contributed by atoms with Crippen LogP contribution < -0.4 is 4.90 Å². The zero-order valence-electron chi connectivity index (χ0n) is 16.6. The molecule has 3 aromatic carbocycles. The summed E-state index contributed by atoms with van der Waals surface area (Å²) >= 11 is 0. The first-order valence-corrected chi connectivity index (χ1v) is 9.57. The normalized spacial score (nSPS) is 17.7. The number of Topliss-reactive ketones (excluding diaryl/α,β-unsaturated/α-hetero) is 1. The standard InChI is InChI=1S/C24H18N2O5/c1-15-9-5-7-13-18(15)25-21(17-12-6-8-14-19(17)26(30)31)20(23(28)24(25)29)22(27)16-10-3-2-4-11-16/h2-14,21,27H,1H3/b22-20+. The van der Waals surface area contributed by atoms with Gasteiger partial charge in [-0.15, -0.1) is 0 Å². The van der Waals surface area contributed by atoms with E-state index < -0.39 is 22.7 Å². The minimum absolute atomic E-state index is 0.146. The second-order valence-corrected chi connectivity index (χ2v) is 7.14. The Hall–Kier alpha value is -4.26. The number of ketones is 1. The van der Waals surface area contributed by atoms with Crippen molar-refractivity contribution in [1.82, 2.24) is 0 Å². The third-order valence-electron chi connectivity index (χ3n) is 5.29. The number of nitrogens with zero attached hydrogens (tertiary/aromatic N) is 2. The number of benzene rings is 3. The van der Waals surface area contributed by atoms with E-state index >= 15 is 0 Å². The monoisotopic (exact) mass is 414 g/mol. The van der Waals surface area contributed by atoms with Crippen LogP contribution >= 0.6 is 0 Å². The van der Waals surface area contributed by atoms with Gasteiger partial charge in [-0.1, -0.05) is 60.7 Å². The van der Waals surface area contributed by atoms with Gasteiger partial charge in [0.2, 0.25) is 0 Å². The fraction of sp³-hybridized carbons (Fsp3) is 0.0833. The molecule has 1 heterocycles.